The van der Waals surface area contributed by atoms with Gasteiger partial charge in [-0.15, -0.1) is 0 Å². The van der Waals surface area contributed by atoms with Crippen molar-refractivity contribution in [3.05, 3.63) is 88.4 Å². The van der Waals surface area contributed by atoms with Gasteiger partial charge in [0.2, 0.25) is 0 Å². The fourth-order valence-electron chi connectivity index (χ4n) is 3.36. The van der Waals surface area contributed by atoms with Crippen molar-refractivity contribution in [3.8, 4) is 5.75 Å². The molecule has 0 radical (unpaired) electrons. The minimum atomic E-state index is -0.411. The number of hydrogen-bond donors (Lipinski definition) is 2. The van der Waals surface area contributed by atoms with Crippen LogP contribution in [0.2, 0.25) is 0 Å². The Morgan fingerprint density at radius 2 is 1.69 bits per heavy atom. The Balaban J connectivity index is 1.77. The van der Waals surface area contributed by atoms with Crippen LogP contribution in [-0.4, -0.2) is 30.1 Å². The van der Waals surface area contributed by atoms with Crippen molar-refractivity contribution in [2.75, 3.05) is 23.4 Å². The maximum absolute atomic E-state index is 13.4. The Morgan fingerprint density at radius 3 is 2.37 bits per heavy atom. The first-order chi connectivity index (χ1) is 16.8. The van der Waals surface area contributed by atoms with E-state index in [9.17, 15) is 9.59 Å². The highest BCUT2D eigenvalue weighted by atomic mass is 79.9. The average molecular weight is 555 g/mol. The highest BCUT2D eigenvalue weighted by molar-refractivity contribution is 9.10. The van der Waals surface area contributed by atoms with Gasteiger partial charge in [0.15, 0.2) is 5.11 Å². The van der Waals surface area contributed by atoms with E-state index in [-0.39, 0.29) is 11.0 Å². The number of rotatable bonds is 8. The molecule has 35 heavy (non-hydrogen) atoms. The van der Waals surface area contributed by atoms with Crippen LogP contribution in [0.1, 0.15) is 41.5 Å². The maximum Gasteiger partial charge on any atom is 0.261 e. The first-order valence-electron chi connectivity index (χ1n) is 11.3. The second-order valence-corrected chi connectivity index (χ2v) is 9.51. The molecule has 2 amide bonds. The molecule has 0 saturated carbocycles. The van der Waals surface area contributed by atoms with Gasteiger partial charge in [-0.05, 0) is 67.5 Å². The van der Waals surface area contributed by atoms with E-state index in [0.29, 0.717) is 41.6 Å². The summed E-state index contributed by atoms with van der Waals surface area (Å²) in [6.45, 7) is 6.97. The lowest BCUT2D eigenvalue weighted by molar-refractivity contribution is 0.0970. The number of benzene rings is 3. The summed E-state index contributed by atoms with van der Waals surface area (Å²) in [5, 5.41) is 5.78. The molecule has 0 aliphatic rings. The molecule has 0 aliphatic carbocycles. The number of carbonyl (C=O) groups excluding carboxylic acids is 2. The number of para-hydroxylation sites is 2. The van der Waals surface area contributed by atoms with Gasteiger partial charge in [-0.1, -0.05) is 60.1 Å². The van der Waals surface area contributed by atoms with Gasteiger partial charge in [-0.2, -0.15) is 0 Å². The normalized spacial score (nSPS) is 10.5. The molecule has 0 spiro atoms. The molecule has 0 atom stereocenters. The smallest absolute Gasteiger partial charge is 0.261 e. The first-order valence-corrected chi connectivity index (χ1v) is 12.5. The second kappa shape index (κ2) is 12.5. The van der Waals surface area contributed by atoms with Gasteiger partial charge in [0, 0.05) is 16.7 Å². The second-order valence-electron chi connectivity index (χ2n) is 8.18. The summed E-state index contributed by atoms with van der Waals surface area (Å²) in [4.78, 5) is 28.1. The molecule has 6 nitrogen and oxygen atoms in total. The number of hydrogen-bond acceptors (Lipinski definition) is 4. The molecule has 0 fully saturated rings. The largest absolute Gasteiger partial charge is 0.492 e. The third-order valence-corrected chi connectivity index (χ3v) is 5.72. The maximum atomic E-state index is 13.4. The number of halogens is 1. The van der Waals surface area contributed by atoms with Gasteiger partial charge in [0.05, 0.1) is 23.4 Å². The fourth-order valence-corrected chi connectivity index (χ4v) is 3.93. The predicted octanol–water partition coefficient (Wildman–Crippen LogP) is 6.28. The SMILES string of the molecule is CCN(C(=O)c1ccccc1NC(=S)NC(=O)c1cc(Br)ccc1OCC(C)C)c1ccccc1. The molecule has 0 aromatic heterocycles. The van der Waals surface area contributed by atoms with Gasteiger partial charge in [0.1, 0.15) is 5.75 Å². The molecular formula is C27H28BrN3O3S. The Labute approximate surface area is 219 Å². The Morgan fingerprint density at radius 1 is 1.00 bits per heavy atom. The molecule has 8 heteroatoms. The third-order valence-electron chi connectivity index (χ3n) is 5.02. The van der Waals surface area contributed by atoms with Crippen LogP contribution in [0, 0.1) is 5.92 Å². The van der Waals surface area contributed by atoms with Gasteiger partial charge in [0.25, 0.3) is 11.8 Å². The van der Waals surface area contributed by atoms with Gasteiger partial charge >= 0.3 is 0 Å². The van der Waals surface area contributed by atoms with E-state index in [1.54, 1.807) is 41.3 Å². The van der Waals surface area contributed by atoms with Crippen molar-refractivity contribution >= 4 is 56.4 Å². The summed E-state index contributed by atoms with van der Waals surface area (Å²) < 4.78 is 6.56. The molecule has 3 aromatic carbocycles. The van der Waals surface area contributed by atoms with Crippen LogP contribution in [0.5, 0.6) is 5.75 Å². The monoisotopic (exact) mass is 553 g/mol. The standard InChI is InChI=1S/C27H28BrN3O3S/c1-4-31(20-10-6-5-7-11-20)26(33)21-12-8-9-13-23(21)29-27(35)30-25(32)22-16-19(28)14-15-24(22)34-17-18(2)3/h5-16,18H,4,17H2,1-3H3,(H2,29,30,32,35). The van der Waals surface area contributed by atoms with Crippen molar-refractivity contribution in [1.82, 2.24) is 5.32 Å². The number of amides is 2. The molecular weight excluding hydrogens is 526 g/mol. The zero-order valence-corrected chi connectivity index (χ0v) is 22.3. The van der Waals surface area contributed by atoms with Crippen LogP contribution in [0.3, 0.4) is 0 Å². The van der Waals surface area contributed by atoms with Crippen LogP contribution in [0.4, 0.5) is 11.4 Å². The molecule has 0 saturated heterocycles. The van der Waals surface area contributed by atoms with Crippen molar-refractivity contribution in [3.63, 3.8) is 0 Å². The molecule has 3 aromatic rings. The highest BCUT2D eigenvalue weighted by Gasteiger charge is 2.20. The van der Waals surface area contributed by atoms with E-state index in [0.717, 1.165) is 10.2 Å². The third kappa shape index (κ3) is 7.13. The first kappa shape index (κ1) is 26.4. The van der Waals surface area contributed by atoms with Crippen molar-refractivity contribution in [2.45, 2.75) is 20.8 Å². The average Bonchev–Trinajstić information content (AvgIpc) is 2.84. The highest BCUT2D eigenvalue weighted by Crippen LogP contribution is 2.25. The Hall–Kier alpha value is -3.23. The van der Waals surface area contributed by atoms with Crippen LogP contribution < -0.4 is 20.3 Å². The molecule has 0 unspecified atom stereocenters. The molecule has 0 bridgehead atoms. The van der Waals surface area contributed by atoms with E-state index in [2.05, 4.69) is 26.6 Å². The quantitative estimate of drug-likeness (QED) is 0.321. The predicted molar refractivity (Wildman–Crippen MR) is 148 cm³/mol. The zero-order valence-electron chi connectivity index (χ0n) is 19.9. The van der Waals surface area contributed by atoms with Crippen LogP contribution >= 0.6 is 28.1 Å². The lowest BCUT2D eigenvalue weighted by atomic mass is 10.1. The van der Waals surface area contributed by atoms with Gasteiger partial charge in [-0.25, -0.2) is 0 Å². The fraction of sp³-hybridized carbons (Fsp3) is 0.222. The molecule has 0 aliphatic heterocycles. The van der Waals surface area contributed by atoms with E-state index in [1.165, 1.54) is 0 Å². The molecule has 0 heterocycles. The Bertz CT molecular complexity index is 1200. The summed E-state index contributed by atoms with van der Waals surface area (Å²) >= 11 is 8.81. The van der Waals surface area contributed by atoms with E-state index >= 15 is 0 Å². The molecule has 3 rings (SSSR count). The summed E-state index contributed by atoms with van der Waals surface area (Å²) in [6.07, 6.45) is 0. The van der Waals surface area contributed by atoms with Gasteiger partial charge in [-0.3, -0.25) is 14.9 Å². The summed E-state index contributed by atoms with van der Waals surface area (Å²) in [7, 11) is 0. The summed E-state index contributed by atoms with van der Waals surface area (Å²) in [5.41, 5.74) is 2.10. The summed E-state index contributed by atoms with van der Waals surface area (Å²) in [6, 6.07) is 21.8. The topological polar surface area (TPSA) is 70.7 Å². The lowest BCUT2D eigenvalue weighted by Gasteiger charge is -2.23. The van der Waals surface area contributed by atoms with Crippen molar-refractivity contribution in [2.24, 2.45) is 5.92 Å². The number of ether oxygens (including phenoxy) is 1. The van der Waals surface area contributed by atoms with E-state index in [1.807, 2.05) is 57.2 Å². The molecule has 182 valence electrons. The van der Waals surface area contributed by atoms with Crippen LogP contribution in [0.25, 0.3) is 0 Å². The van der Waals surface area contributed by atoms with Crippen LogP contribution in [-0.2, 0) is 0 Å². The summed E-state index contributed by atoms with van der Waals surface area (Å²) in [5.74, 6) is 0.197. The minimum Gasteiger partial charge on any atom is -0.492 e. The zero-order chi connectivity index (χ0) is 25.4. The number of thiocarbonyl (C=S) groups is 1. The Kier molecular flexibility index (Phi) is 9.39. The van der Waals surface area contributed by atoms with Gasteiger partial charge < -0.3 is 15.0 Å². The van der Waals surface area contributed by atoms with E-state index in [4.69, 9.17) is 17.0 Å². The van der Waals surface area contributed by atoms with Crippen LogP contribution in [0.15, 0.2) is 77.3 Å². The minimum absolute atomic E-state index is 0.0767. The van der Waals surface area contributed by atoms with E-state index < -0.39 is 5.91 Å². The van der Waals surface area contributed by atoms with Crippen molar-refractivity contribution in [1.29, 1.82) is 0 Å². The lowest BCUT2D eigenvalue weighted by Crippen LogP contribution is -2.36. The number of carbonyl (C=O) groups is 2. The molecule has 2 N–H and O–H groups in total. The van der Waals surface area contributed by atoms with Crippen molar-refractivity contribution < 1.29 is 14.3 Å². The number of nitrogens with zero attached hydrogens (tertiary/aromatic N) is 1. The number of anilines is 2. The number of nitrogens with one attached hydrogen (secondary N) is 2.